The molecule has 0 heterocycles. The van der Waals surface area contributed by atoms with Crippen molar-refractivity contribution in [1.82, 2.24) is 4.31 Å². The fraction of sp³-hybridized carbons (Fsp3) is 0.500. The Morgan fingerprint density at radius 1 is 1.28 bits per heavy atom. The summed E-state index contributed by atoms with van der Waals surface area (Å²) in [5.74, 6) is 0.442. The van der Waals surface area contributed by atoms with Crippen LogP contribution in [0, 0.1) is 5.92 Å². The lowest BCUT2D eigenvalue weighted by Gasteiger charge is -2.19. The van der Waals surface area contributed by atoms with Crippen LogP contribution in [-0.2, 0) is 10.0 Å². The van der Waals surface area contributed by atoms with E-state index in [0.717, 1.165) is 6.42 Å². The molecule has 0 radical (unpaired) electrons. The molecule has 0 spiro atoms. The van der Waals surface area contributed by atoms with Crippen molar-refractivity contribution < 1.29 is 8.42 Å². The van der Waals surface area contributed by atoms with Gasteiger partial charge in [-0.25, -0.2) is 12.7 Å². The summed E-state index contributed by atoms with van der Waals surface area (Å²) in [5.41, 5.74) is 0. The summed E-state index contributed by atoms with van der Waals surface area (Å²) in [5, 5.41) is 0.325. The lowest BCUT2D eigenvalue weighted by atomic mass is 10.1. The van der Waals surface area contributed by atoms with Gasteiger partial charge in [-0.2, -0.15) is 0 Å². The van der Waals surface area contributed by atoms with Gasteiger partial charge in [0.05, 0.1) is 10.0 Å². The van der Waals surface area contributed by atoms with Crippen molar-refractivity contribution in [2.75, 3.05) is 13.6 Å². The largest absolute Gasteiger partial charge is 0.244 e. The number of hydrogen-bond donors (Lipinski definition) is 0. The fourth-order valence-corrected chi connectivity index (χ4v) is 3.33. The monoisotopic (exact) mass is 309 g/mol. The lowest BCUT2D eigenvalue weighted by molar-refractivity contribution is 0.428. The molecule has 102 valence electrons. The lowest BCUT2D eigenvalue weighted by Crippen LogP contribution is -2.28. The Kier molecular flexibility index (Phi) is 5.46. The zero-order valence-electron chi connectivity index (χ0n) is 10.7. The summed E-state index contributed by atoms with van der Waals surface area (Å²) in [7, 11) is -2.02. The van der Waals surface area contributed by atoms with E-state index in [4.69, 9.17) is 23.2 Å². The van der Waals surface area contributed by atoms with E-state index in [1.54, 1.807) is 19.2 Å². The molecule has 0 atom stereocenters. The molecule has 0 saturated carbocycles. The molecular weight excluding hydrogens is 293 g/mol. The zero-order valence-corrected chi connectivity index (χ0v) is 13.0. The quantitative estimate of drug-likeness (QED) is 0.832. The van der Waals surface area contributed by atoms with Crippen molar-refractivity contribution in [2.45, 2.75) is 25.2 Å². The normalized spacial score (nSPS) is 12.4. The topological polar surface area (TPSA) is 37.4 Å². The van der Waals surface area contributed by atoms with E-state index in [1.165, 1.54) is 10.4 Å². The molecule has 0 fully saturated rings. The molecule has 18 heavy (non-hydrogen) atoms. The third-order valence-corrected chi connectivity index (χ3v) is 5.46. The van der Waals surface area contributed by atoms with Gasteiger partial charge in [0.1, 0.15) is 4.90 Å². The maximum Gasteiger partial charge on any atom is 0.244 e. The van der Waals surface area contributed by atoms with Crippen LogP contribution >= 0.6 is 23.2 Å². The van der Waals surface area contributed by atoms with Gasteiger partial charge >= 0.3 is 0 Å². The molecule has 6 heteroatoms. The van der Waals surface area contributed by atoms with Crippen LogP contribution in [-0.4, -0.2) is 26.3 Å². The number of halogens is 2. The number of sulfonamides is 1. The SMILES string of the molecule is CC(C)CCN(C)S(=O)(=O)c1cccc(Cl)c1Cl. The summed E-state index contributed by atoms with van der Waals surface area (Å²) in [6, 6.07) is 4.61. The molecule has 0 aliphatic heterocycles. The van der Waals surface area contributed by atoms with Crippen LogP contribution < -0.4 is 0 Å². The highest BCUT2D eigenvalue weighted by Gasteiger charge is 2.24. The van der Waals surface area contributed by atoms with E-state index in [0.29, 0.717) is 12.5 Å². The van der Waals surface area contributed by atoms with Crippen LogP contribution in [0.4, 0.5) is 0 Å². The van der Waals surface area contributed by atoms with Gasteiger partial charge in [0.25, 0.3) is 0 Å². The molecule has 0 N–H and O–H groups in total. The summed E-state index contributed by atoms with van der Waals surface area (Å²) in [6.45, 7) is 4.56. The van der Waals surface area contributed by atoms with Crippen LogP contribution in [0.5, 0.6) is 0 Å². The smallest absolute Gasteiger partial charge is 0.207 e. The second-order valence-electron chi connectivity index (χ2n) is 4.56. The van der Waals surface area contributed by atoms with Crippen LogP contribution in [0.2, 0.25) is 10.0 Å². The van der Waals surface area contributed by atoms with Crippen molar-refractivity contribution in [1.29, 1.82) is 0 Å². The van der Waals surface area contributed by atoms with Gasteiger partial charge in [0, 0.05) is 13.6 Å². The van der Waals surface area contributed by atoms with E-state index < -0.39 is 10.0 Å². The maximum atomic E-state index is 12.3. The molecule has 0 unspecified atom stereocenters. The minimum atomic E-state index is -3.57. The van der Waals surface area contributed by atoms with Gasteiger partial charge in [0.15, 0.2) is 0 Å². The van der Waals surface area contributed by atoms with E-state index in [-0.39, 0.29) is 14.9 Å². The van der Waals surface area contributed by atoms with Crippen molar-refractivity contribution in [3.05, 3.63) is 28.2 Å². The van der Waals surface area contributed by atoms with Gasteiger partial charge in [-0.1, -0.05) is 43.1 Å². The Balaban J connectivity index is 3.02. The molecule has 0 saturated heterocycles. The minimum Gasteiger partial charge on any atom is -0.207 e. The average Bonchev–Trinajstić information content (AvgIpc) is 2.29. The highest BCUT2D eigenvalue weighted by atomic mass is 35.5. The van der Waals surface area contributed by atoms with Crippen molar-refractivity contribution in [2.24, 2.45) is 5.92 Å². The molecule has 3 nitrogen and oxygen atoms in total. The molecule has 0 bridgehead atoms. The summed E-state index contributed by atoms with van der Waals surface area (Å²) in [4.78, 5) is 0.0583. The van der Waals surface area contributed by atoms with Crippen LogP contribution in [0.1, 0.15) is 20.3 Å². The molecule has 1 aromatic carbocycles. The first-order valence-electron chi connectivity index (χ1n) is 5.67. The van der Waals surface area contributed by atoms with E-state index in [2.05, 4.69) is 0 Å². The predicted octanol–water partition coefficient (Wildman–Crippen LogP) is 3.66. The second-order valence-corrected chi connectivity index (χ2v) is 7.36. The van der Waals surface area contributed by atoms with Gasteiger partial charge < -0.3 is 0 Å². The number of benzene rings is 1. The third-order valence-electron chi connectivity index (χ3n) is 2.63. The first kappa shape index (κ1) is 15.8. The molecule has 0 amide bonds. The third kappa shape index (κ3) is 3.60. The Bertz CT molecular complexity index is 515. The summed E-state index contributed by atoms with van der Waals surface area (Å²) < 4.78 is 25.9. The fourth-order valence-electron chi connectivity index (χ4n) is 1.41. The average molecular weight is 310 g/mol. The van der Waals surface area contributed by atoms with E-state index >= 15 is 0 Å². The van der Waals surface area contributed by atoms with E-state index in [1.807, 2.05) is 13.8 Å². The van der Waals surface area contributed by atoms with Crippen LogP contribution in [0.3, 0.4) is 0 Å². The summed E-state index contributed by atoms with van der Waals surface area (Å²) >= 11 is 11.8. The second kappa shape index (κ2) is 6.24. The molecule has 1 rings (SSSR count). The van der Waals surface area contributed by atoms with Gasteiger partial charge in [-0.05, 0) is 24.5 Å². The van der Waals surface area contributed by atoms with Gasteiger partial charge in [0.2, 0.25) is 10.0 Å². The van der Waals surface area contributed by atoms with Crippen molar-refractivity contribution in [3.63, 3.8) is 0 Å². The minimum absolute atomic E-state index is 0.0583. The van der Waals surface area contributed by atoms with Crippen molar-refractivity contribution >= 4 is 33.2 Å². The number of rotatable bonds is 5. The first-order chi connectivity index (χ1) is 8.26. The molecule has 0 aliphatic rings. The zero-order chi connectivity index (χ0) is 13.9. The van der Waals surface area contributed by atoms with Gasteiger partial charge in [-0.15, -0.1) is 0 Å². The number of nitrogens with zero attached hydrogens (tertiary/aromatic N) is 1. The predicted molar refractivity (Wildman–Crippen MR) is 75.7 cm³/mol. The maximum absolute atomic E-state index is 12.3. The highest BCUT2D eigenvalue weighted by molar-refractivity contribution is 7.89. The van der Waals surface area contributed by atoms with Gasteiger partial charge in [-0.3, -0.25) is 0 Å². The van der Waals surface area contributed by atoms with Crippen LogP contribution in [0.15, 0.2) is 23.1 Å². The Labute approximate surface area is 119 Å². The Morgan fingerprint density at radius 2 is 1.89 bits per heavy atom. The molecule has 1 aromatic rings. The van der Waals surface area contributed by atoms with Crippen molar-refractivity contribution in [3.8, 4) is 0 Å². The highest BCUT2D eigenvalue weighted by Crippen LogP contribution is 2.30. The van der Waals surface area contributed by atoms with E-state index in [9.17, 15) is 8.42 Å². The first-order valence-corrected chi connectivity index (χ1v) is 7.86. The molecule has 0 aliphatic carbocycles. The Hall–Kier alpha value is -0.290. The summed E-state index contributed by atoms with van der Waals surface area (Å²) in [6.07, 6.45) is 0.800. The molecular formula is C12H17Cl2NO2S. The standard InChI is InChI=1S/C12H17Cl2NO2S/c1-9(2)7-8-15(3)18(16,17)11-6-4-5-10(13)12(11)14/h4-6,9H,7-8H2,1-3H3. The van der Waals surface area contributed by atoms with Crippen LogP contribution in [0.25, 0.3) is 0 Å². The molecule has 0 aromatic heterocycles. The number of hydrogen-bond acceptors (Lipinski definition) is 2. The Morgan fingerprint density at radius 3 is 2.44 bits per heavy atom.